The average Bonchev–Trinajstić information content (AvgIpc) is 3.17. The number of carbonyl (C=O) groups excluding carboxylic acids is 1. The minimum Gasteiger partial charge on any atom is -0.491 e. The van der Waals surface area contributed by atoms with E-state index >= 15 is 0 Å². The molecule has 7 nitrogen and oxygen atoms in total. The van der Waals surface area contributed by atoms with Gasteiger partial charge in [-0.25, -0.2) is 4.99 Å². The number of guanidine groups is 1. The lowest BCUT2D eigenvalue weighted by Gasteiger charge is -2.15. The molecule has 1 saturated heterocycles. The number of aliphatic imine (C=N–C) groups is 1. The van der Waals surface area contributed by atoms with Gasteiger partial charge in [-0.2, -0.15) is 0 Å². The second kappa shape index (κ2) is 13.6. The van der Waals surface area contributed by atoms with E-state index in [0.29, 0.717) is 25.7 Å². The topological polar surface area (TPSA) is 84.0 Å². The Hall–Kier alpha value is -1.55. The Labute approximate surface area is 185 Å². The van der Waals surface area contributed by atoms with Gasteiger partial charge in [0.15, 0.2) is 5.96 Å². The number of ether oxygens (including phenoxy) is 2. The first-order chi connectivity index (χ1) is 13.1. The van der Waals surface area contributed by atoms with Crippen molar-refractivity contribution >= 4 is 35.8 Å². The third kappa shape index (κ3) is 8.64. The Morgan fingerprint density at radius 3 is 2.71 bits per heavy atom. The van der Waals surface area contributed by atoms with E-state index in [1.807, 2.05) is 32.9 Å². The molecule has 1 heterocycles. The van der Waals surface area contributed by atoms with Crippen molar-refractivity contribution in [2.24, 2.45) is 4.99 Å². The minimum absolute atomic E-state index is 0. The highest BCUT2D eigenvalue weighted by Crippen LogP contribution is 2.23. The maximum absolute atomic E-state index is 11.6. The molecule has 2 rings (SSSR count). The van der Waals surface area contributed by atoms with E-state index in [0.717, 1.165) is 42.9 Å². The van der Waals surface area contributed by atoms with E-state index in [9.17, 15) is 4.79 Å². The minimum atomic E-state index is -0.0565. The van der Waals surface area contributed by atoms with Crippen molar-refractivity contribution in [3.8, 4) is 5.75 Å². The molecule has 0 saturated carbocycles. The Bertz CT molecular complexity index is 634. The lowest BCUT2D eigenvalue weighted by atomic mass is 10.1. The molecule has 1 amide bonds. The first-order valence-electron chi connectivity index (χ1n) is 9.75. The molecule has 28 heavy (non-hydrogen) atoms. The molecular formula is C20H33IN4O3. The van der Waals surface area contributed by atoms with Crippen LogP contribution in [0.5, 0.6) is 5.75 Å². The number of nitrogens with one attached hydrogen (secondary N) is 3. The molecule has 1 fully saturated rings. The molecule has 1 aromatic carbocycles. The Morgan fingerprint density at radius 2 is 2.04 bits per heavy atom. The summed E-state index contributed by atoms with van der Waals surface area (Å²) in [6.07, 6.45) is 2.33. The Kier molecular flexibility index (Phi) is 11.9. The van der Waals surface area contributed by atoms with Crippen LogP contribution in [0.3, 0.4) is 0 Å². The van der Waals surface area contributed by atoms with E-state index in [-0.39, 0.29) is 42.5 Å². The number of hydrogen-bond acceptors (Lipinski definition) is 4. The number of carbonyl (C=O) groups is 1. The van der Waals surface area contributed by atoms with Gasteiger partial charge in [0.05, 0.1) is 19.2 Å². The van der Waals surface area contributed by atoms with Gasteiger partial charge in [-0.3, -0.25) is 4.79 Å². The SMILES string of the molecule is CCNC(=O)CNC(=NCc1ccc(C)cc1OCC1CCCO1)NCC.I. The van der Waals surface area contributed by atoms with Crippen molar-refractivity contribution in [1.82, 2.24) is 16.0 Å². The van der Waals surface area contributed by atoms with Crippen LogP contribution in [-0.4, -0.2) is 50.8 Å². The molecule has 3 N–H and O–H groups in total. The highest BCUT2D eigenvalue weighted by Gasteiger charge is 2.17. The van der Waals surface area contributed by atoms with Gasteiger partial charge in [-0.05, 0) is 45.2 Å². The molecule has 1 aliphatic rings. The zero-order valence-electron chi connectivity index (χ0n) is 17.0. The zero-order valence-corrected chi connectivity index (χ0v) is 19.4. The summed E-state index contributed by atoms with van der Waals surface area (Å²) in [7, 11) is 0. The van der Waals surface area contributed by atoms with Crippen LogP contribution in [-0.2, 0) is 16.1 Å². The quantitative estimate of drug-likeness (QED) is 0.273. The monoisotopic (exact) mass is 504 g/mol. The summed E-state index contributed by atoms with van der Waals surface area (Å²) in [5.41, 5.74) is 2.15. The largest absolute Gasteiger partial charge is 0.491 e. The van der Waals surface area contributed by atoms with E-state index < -0.39 is 0 Å². The number of halogens is 1. The Morgan fingerprint density at radius 1 is 1.25 bits per heavy atom. The van der Waals surface area contributed by atoms with Crippen LogP contribution in [0.4, 0.5) is 0 Å². The molecule has 0 aromatic heterocycles. The fraction of sp³-hybridized carbons (Fsp3) is 0.600. The highest BCUT2D eigenvalue weighted by atomic mass is 127. The molecule has 0 radical (unpaired) electrons. The van der Waals surface area contributed by atoms with Gasteiger partial charge in [0.2, 0.25) is 5.91 Å². The fourth-order valence-electron chi connectivity index (χ4n) is 2.81. The predicted molar refractivity (Wildman–Crippen MR) is 123 cm³/mol. The maximum atomic E-state index is 11.6. The number of benzene rings is 1. The van der Waals surface area contributed by atoms with Gasteiger partial charge < -0.3 is 25.4 Å². The summed E-state index contributed by atoms with van der Waals surface area (Å²) < 4.78 is 11.7. The van der Waals surface area contributed by atoms with E-state index in [4.69, 9.17) is 9.47 Å². The number of hydrogen-bond donors (Lipinski definition) is 3. The van der Waals surface area contributed by atoms with Gasteiger partial charge in [0.1, 0.15) is 12.4 Å². The van der Waals surface area contributed by atoms with Crippen LogP contribution in [0.2, 0.25) is 0 Å². The lowest BCUT2D eigenvalue weighted by Crippen LogP contribution is -2.43. The number of nitrogens with zero attached hydrogens (tertiary/aromatic N) is 1. The van der Waals surface area contributed by atoms with Crippen molar-refractivity contribution < 1.29 is 14.3 Å². The molecule has 1 aliphatic heterocycles. The number of likely N-dealkylation sites (N-methyl/N-ethyl adjacent to an activating group) is 1. The van der Waals surface area contributed by atoms with Gasteiger partial charge in [0, 0.05) is 25.3 Å². The van der Waals surface area contributed by atoms with Crippen LogP contribution in [0.15, 0.2) is 23.2 Å². The second-order valence-corrected chi connectivity index (χ2v) is 6.56. The van der Waals surface area contributed by atoms with Crippen molar-refractivity contribution in [1.29, 1.82) is 0 Å². The summed E-state index contributed by atoms with van der Waals surface area (Å²) in [5.74, 6) is 1.39. The fourth-order valence-corrected chi connectivity index (χ4v) is 2.81. The first kappa shape index (κ1) is 24.5. The summed E-state index contributed by atoms with van der Waals surface area (Å²) in [5, 5.41) is 8.96. The molecule has 1 unspecified atom stereocenters. The molecular weight excluding hydrogens is 471 g/mol. The first-order valence-corrected chi connectivity index (χ1v) is 9.75. The van der Waals surface area contributed by atoms with Gasteiger partial charge in [0.25, 0.3) is 0 Å². The summed E-state index contributed by atoms with van der Waals surface area (Å²) in [4.78, 5) is 16.2. The van der Waals surface area contributed by atoms with Gasteiger partial charge in [-0.15, -0.1) is 24.0 Å². The van der Waals surface area contributed by atoms with Crippen LogP contribution < -0.4 is 20.7 Å². The van der Waals surface area contributed by atoms with Crippen LogP contribution >= 0.6 is 24.0 Å². The molecule has 158 valence electrons. The van der Waals surface area contributed by atoms with E-state index in [1.165, 1.54) is 0 Å². The Balaban J connectivity index is 0.00000392. The lowest BCUT2D eigenvalue weighted by molar-refractivity contribution is -0.119. The molecule has 0 bridgehead atoms. The third-order valence-electron chi connectivity index (χ3n) is 4.21. The third-order valence-corrected chi connectivity index (χ3v) is 4.21. The summed E-state index contributed by atoms with van der Waals surface area (Å²) in [6, 6.07) is 6.13. The van der Waals surface area contributed by atoms with Crippen molar-refractivity contribution in [3.63, 3.8) is 0 Å². The van der Waals surface area contributed by atoms with E-state index in [1.54, 1.807) is 0 Å². The maximum Gasteiger partial charge on any atom is 0.239 e. The number of rotatable bonds is 9. The van der Waals surface area contributed by atoms with Gasteiger partial charge in [-0.1, -0.05) is 12.1 Å². The van der Waals surface area contributed by atoms with Crippen LogP contribution in [0.25, 0.3) is 0 Å². The van der Waals surface area contributed by atoms with Crippen LogP contribution in [0, 0.1) is 6.92 Å². The number of amides is 1. The summed E-state index contributed by atoms with van der Waals surface area (Å²) in [6.45, 7) is 9.31. The van der Waals surface area contributed by atoms with E-state index in [2.05, 4.69) is 27.0 Å². The van der Waals surface area contributed by atoms with Crippen molar-refractivity contribution in [2.45, 2.75) is 46.3 Å². The number of aryl methyl sites for hydroxylation is 1. The van der Waals surface area contributed by atoms with Gasteiger partial charge >= 0.3 is 0 Å². The average molecular weight is 504 g/mol. The molecule has 0 aliphatic carbocycles. The van der Waals surface area contributed by atoms with Crippen molar-refractivity contribution in [3.05, 3.63) is 29.3 Å². The molecule has 8 heteroatoms. The smallest absolute Gasteiger partial charge is 0.239 e. The predicted octanol–water partition coefficient (Wildman–Crippen LogP) is 2.36. The van der Waals surface area contributed by atoms with Crippen LogP contribution in [0.1, 0.15) is 37.8 Å². The second-order valence-electron chi connectivity index (χ2n) is 6.56. The molecule has 0 spiro atoms. The standard InChI is InChI=1S/C20H32N4O3.HI/c1-4-21-19(25)13-24-20(22-5-2)23-12-16-9-8-15(3)11-18(16)27-14-17-7-6-10-26-17;/h8-9,11,17H,4-7,10,12-14H2,1-3H3,(H,21,25)(H2,22,23,24);1H. The highest BCUT2D eigenvalue weighted by molar-refractivity contribution is 14.0. The zero-order chi connectivity index (χ0) is 19.5. The molecule has 1 atom stereocenters. The van der Waals surface area contributed by atoms with Crippen molar-refractivity contribution in [2.75, 3.05) is 32.8 Å². The normalized spacial score (nSPS) is 16.2. The molecule has 1 aromatic rings. The summed E-state index contributed by atoms with van der Waals surface area (Å²) >= 11 is 0.